The number of nitrogens with zero attached hydrogens (tertiary/aromatic N) is 2. The van der Waals surface area contributed by atoms with Crippen molar-refractivity contribution in [1.29, 1.82) is 0 Å². The van der Waals surface area contributed by atoms with Gasteiger partial charge in [0, 0.05) is 13.1 Å². The van der Waals surface area contributed by atoms with E-state index >= 15 is 0 Å². The van der Waals surface area contributed by atoms with Crippen LogP contribution in [0, 0.1) is 0 Å². The van der Waals surface area contributed by atoms with Gasteiger partial charge >= 0.3 is 0 Å². The van der Waals surface area contributed by atoms with E-state index in [2.05, 4.69) is 22.0 Å². The lowest BCUT2D eigenvalue weighted by molar-refractivity contribution is 0.145. The largest absolute Gasteiger partial charge is 0.277 e. The average Bonchev–Trinajstić information content (AvgIpc) is 2.33. The van der Waals surface area contributed by atoms with E-state index in [1.54, 1.807) is 6.08 Å². The molecule has 16 heavy (non-hydrogen) atoms. The van der Waals surface area contributed by atoms with E-state index in [-0.39, 0.29) is 6.17 Å². The van der Waals surface area contributed by atoms with Crippen molar-refractivity contribution >= 4 is 6.08 Å². The SMILES string of the molecule is O=C=NC1CCCCN1Cc1ccccc1. The van der Waals surface area contributed by atoms with Crippen LogP contribution in [0.4, 0.5) is 0 Å². The first-order valence-electron chi connectivity index (χ1n) is 5.75. The zero-order valence-corrected chi connectivity index (χ0v) is 9.30. The molecule has 3 heteroatoms. The van der Waals surface area contributed by atoms with Gasteiger partial charge in [-0.05, 0) is 24.8 Å². The van der Waals surface area contributed by atoms with Crippen LogP contribution >= 0.6 is 0 Å². The summed E-state index contributed by atoms with van der Waals surface area (Å²) in [4.78, 5) is 16.5. The Morgan fingerprint density at radius 1 is 1.31 bits per heavy atom. The minimum absolute atomic E-state index is 0.0338. The Morgan fingerprint density at radius 3 is 2.88 bits per heavy atom. The number of benzene rings is 1. The molecule has 1 unspecified atom stereocenters. The van der Waals surface area contributed by atoms with Crippen molar-refractivity contribution < 1.29 is 4.79 Å². The van der Waals surface area contributed by atoms with Crippen LogP contribution in [0.2, 0.25) is 0 Å². The Morgan fingerprint density at radius 2 is 2.12 bits per heavy atom. The Labute approximate surface area is 95.8 Å². The fraction of sp³-hybridized carbons (Fsp3) is 0.462. The van der Waals surface area contributed by atoms with Crippen molar-refractivity contribution in [3.63, 3.8) is 0 Å². The number of piperidine rings is 1. The van der Waals surface area contributed by atoms with Gasteiger partial charge in [0.2, 0.25) is 6.08 Å². The highest BCUT2D eigenvalue weighted by Gasteiger charge is 2.21. The number of isocyanates is 1. The van der Waals surface area contributed by atoms with E-state index in [0.29, 0.717) is 0 Å². The molecule has 1 aromatic carbocycles. The lowest BCUT2D eigenvalue weighted by atomic mass is 10.1. The third-order valence-corrected chi connectivity index (χ3v) is 3.01. The van der Waals surface area contributed by atoms with Gasteiger partial charge in [0.1, 0.15) is 6.17 Å². The zero-order valence-electron chi connectivity index (χ0n) is 9.30. The Bertz CT molecular complexity index is 371. The van der Waals surface area contributed by atoms with Crippen LogP contribution in [0.15, 0.2) is 35.3 Å². The Balaban J connectivity index is 2.04. The van der Waals surface area contributed by atoms with Crippen LogP contribution in [0.25, 0.3) is 0 Å². The molecule has 0 N–H and O–H groups in total. The molecule has 1 heterocycles. The molecule has 0 bridgehead atoms. The molecule has 1 fully saturated rings. The van der Waals surface area contributed by atoms with Gasteiger partial charge in [0.05, 0.1) is 0 Å². The van der Waals surface area contributed by atoms with Gasteiger partial charge in [-0.15, -0.1) is 0 Å². The van der Waals surface area contributed by atoms with Crippen molar-refractivity contribution in [2.24, 2.45) is 4.99 Å². The maximum Gasteiger partial charge on any atom is 0.236 e. The third kappa shape index (κ3) is 2.78. The molecule has 0 aliphatic carbocycles. The van der Waals surface area contributed by atoms with Gasteiger partial charge < -0.3 is 0 Å². The molecular weight excluding hydrogens is 200 g/mol. The summed E-state index contributed by atoms with van der Waals surface area (Å²) in [7, 11) is 0. The summed E-state index contributed by atoms with van der Waals surface area (Å²) in [5.74, 6) is 0. The lowest BCUT2D eigenvalue weighted by Gasteiger charge is -2.31. The number of aliphatic imine (C=N–C) groups is 1. The molecule has 1 aliphatic heterocycles. The van der Waals surface area contributed by atoms with E-state index in [1.165, 1.54) is 12.0 Å². The maximum atomic E-state index is 10.4. The molecule has 0 aromatic heterocycles. The maximum absolute atomic E-state index is 10.4. The third-order valence-electron chi connectivity index (χ3n) is 3.01. The monoisotopic (exact) mass is 216 g/mol. The number of likely N-dealkylation sites (tertiary alicyclic amines) is 1. The van der Waals surface area contributed by atoms with Gasteiger partial charge in [0.15, 0.2) is 0 Å². The average molecular weight is 216 g/mol. The molecule has 0 saturated carbocycles. The molecule has 1 aromatic rings. The van der Waals surface area contributed by atoms with Gasteiger partial charge in [-0.25, -0.2) is 4.79 Å². The molecule has 0 radical (unpaired) electrons. The fourth-order valence-electron chi connectivity index (χ4n) is 2.18. The summed E-state index contributed by atoms with van der Waals surface area (Å²) in [5, 5.41) is 0. The number of carbonyl (C=O) groups excluding carboxylic acids is 1. The first-order chi connectivity index (χ1) is 7.90. The Kier molecular flexibility index (Phi) is 3.86. The standard InChI is InChI=1S/C13H16N2O/c16-11-14-13-8-4-5-9-15(13)10-12-6-2-1-3-7-12/h1-3,6-7,13H,4-5,8-10H2. The number of hydrogen-bond acceptors (Lipinski definition) is 3. The second kappa shape index (κ2) is 5.59. The Hall–Kier alpha value is -1.44. The molecule has 1 aliphatic rings. The van der Waals surface area contributed by atoms with Crippen molar-refractivity contribution in [1.82, 2.24) is 4.90 Å². The summed E-state index contributed by atoms with van der Waals surface area (Å²) in [6, 6.07) is 10.3. The molecule has 0 spiro atoms. The zero-order chi connectivity index (χ0) is 11.2. The van der Waals surface area contributed by atoms with E-state index in [4.69, 9.17) is 0 Å². The van der Waals surface area contributed by atoms with Gasteiger partial charge in [0.25, 0.3) is 0 Å². The molecule has 2 rings (SSSR count). The minimum atomic E-state index is 0.0338. The van der Waals surface area contributed by atoms with Crippen LogP contribution in [0.3, 0.4) is 0 Å². The van der Waals surface area contributed by atoms with Gasteiger partial charge in [-0.3, -0.25) is 4.90 Å². The van der Waals surface area contributed by atoms with Crippen molar-refractivity contribution in [2.45, 2.75) is 32.0 Å². The summed E-state index contributed by atoms with van der Waals surface area (Å²) >= 11 is 0. The summed E-state index contributed by atoms with van der Waals surface area (Å²) in [5.41, 5.74) is 1.27. The first-order valence-corrected chi connectivity index (χ1v) is 5.75. The smallest absolute Gasteiger partial charge is 0.236 e. The van der Waals surface area contributed by atoms with E-state index in [9.17, 15) is 4.79 Å². The van der Waals surface area contributed by atoms with Gasteiger partial charge in [-0.1, -0.05) is 30.3 Å². The van der Waals surface area contributed by atoms with Crippen molar-refractivity contribution in [3.05, 3.63) is 35.9 Å². The summed E-state index contributed by atoms with van der Waals surface area (Å²) in [6.45, 7) is 1.89. The topological polar surface area (TPSA) is 32.7 Å². The highest BCUT2D eigenvalue weighted by molar-refractivity contribution is 5.33. The molecule has 1 saturated heterocycles. The van der Waals surface area contributed by atoms with E-state index in [1.807, 2.05) is 18.2 Å². The van der Waals surface area contributed by atoms with Crippen LogP contribution < -0.4 is 0 Å². The van der Waals surface area contributed by atoms with Crippen LogP contribution in [0.5, 0.6) is 0 Å². The predicted octanol–water partition coefficient (Wildman–Crippen LogP) is 2.33. The highest BCUT2D eigenvalue weighted by Crippen LogP contribution is 2.19. The van der Waals surface area contributed by atoms with Crippen molar-refractivity contribution in [3.8, 4) is 0 Å². The predicted molar refractivity (Wildman–Crippen MR) is 62.6 cm³/mol. The van der Waals surface area contributed by atoms with Crippen molar-refractivity contribution in [2.75, 3.05) is 6.54 Å². The normalized spacial score (nSPS) is 21.4. The van der Waals surface area contributed by atoms with E-state index in [0.717, 1.165) is 25.9 Å². The van der Waals surface area contributed by atoms with Crippen LogP contribution in [-0.4, -0.2) is 23.7 Å². The quantitative estimate of drug-likeness (QED) is 0.574. The molecule has 1 atom stereocenters. The number of rotatable bonds is 3. The van der Waals surface area contributed by atoms with Crippen LogP contribution in [-0.2, 0) is 11.3 Å². The van der Waals surface area contributed by atoms with Crippen LogP contribution in [0.1, 0.15) is 24.8 Å². The van der Waals surface area contributed by atoms with E-state index < -0.39 is 0 Å². The lowest BCUT2D eigenvalue weighted by Crippen LogP contribution is -2.37. The fourth-order valence-corrected chi connectivity index (χ4v) is 2.18. The minimum Gasteiger partial charge on any atom is -0.277 e. The molecule has 84 valence electrons. The highest BCUT2D eigenvalue weighted by atomic mass is 16.1. The second-order valence-corrected chi connectivity index (χ2v) is 4.15. The summed E-state index contributed by atoms with van der Waals surface area (Å²) in [6.07, 6.45) is 5.04. The molecule has 3 nitrogen and oxygen atoms in total. The first kappa shape index (κ1) is 11.1. The molecular formula is C13H16N2O. The number of hydrogen-bond donors (Lipinski definition) is 0. The van der Waals surface area contributed by atoms with Gasteiger partial charge in [-0.2, -0.15) is 4.99 Å². The summed E-state index contributed by atoms with van der Waals surface area (Å²) < 4.78 is 0. The second-order valence-electron chi connectivity index (χ2n) is 4.15. The molecule has 0 amide bonds.